The first-order valence-electron chi connectivity index (χ1n) is 10.5. The van der Waals surface area contributed by atoms with Crippen molar-refractivity contribution < 1.29 is 19.5 Å². The van der Waals surface area contributed by atoms with Crippen LogP contribution in [-0.2, 0) is 11.3 Å². The van der Waals surface area contributed by atoms with E-state index in [1.54, 1.807) is 34.9 Å². The topological polar surface area (TPSA) is 115 Å². The lowest BCUT2D eigenvalue weighted by Crippen LogP contribution is -3.14. The fraction of sp³-hybridized carbons (Fsp3) is 0.391. The van der Waals surface area contributed by atoms with Crippen LogP contribution in [0.2, 0.25) is 0 Å². The average Bonchev–Trinajstić information content (AvgIpc) is 2.76. The number of quaternary nitrogens is 1. The number of hydrogen-bond acceptors (Lipinski definition) is 6. The van der Waals surface area contributed by atoms with E-state index in [4.69, 9.17) is 15.2 Å². The van der Waals surface area contributed by atoms with Crippen molar-refractivity contribution in [1.82, 2.24) is 4.57 Å². The van der Waals surface area contributed by atoms with Gasteiger partial charge in [0, 0.05) is 24.7 Å². The zero-order chi connectivity index (χ0) is 22.0. The Bertz CT molecular complexity index is 1110. The molecule has 2 aliphatic heterocycles. The summed E-state index contributed by atoms with van der Waals surface area (Å²) in [6.07, 6.45) is 0.857. The lowest BCUT2D eigenvalue weighted by molar-refractivity contribution is -0.908. The lowest BCUT2D eigenvalue weighted by atomic mass is 9.84. The third kappa shape index (κ3) is 4.15. The smallest absolute Gasteiger partial charge is 0.258 e. The van der Waals surface area contributed by atoms with E-state index in [1.807, 2.05) is 6.92 Å². The third-order valence-electron chi connectivity index (χ3n) is 6.01. The molecule has 2 aromatic rings. The zero-order valence-electron chi connectivity index (χ0n) is 17.6. The van der Waals surface area contributed by atoms with Gasteiger partial charge in [-0.2, -0.15) is 5.26 Å². The van der Waals surface area contributed by atoms with E-state index < -0.39 is 5.92 Å². The minimum Gasteiger partial charge on any atom is -0.508 e. The summed E-state index contributed by atoms with van der Waals surface area (Å²) in [5.41, 5.74) is 7.77. The Hall–Kier alpha value is -3.28. The Morgan fingerprint density at radius 2 is 2.10 bits per heavy atom. The summed E-state index contributed by atoms with van der Waals surface area (Å²) in [5, 5.41) is 19.7. The summed E-state index contributed by atoms with van der Waals surface area (Å²) in [5.74, 6) is -0.286. The summed E-state index contributed by atoms with van der Waals surface area (Å²) in [4.78, 5) is 15.1. The van der Waals surface area contributed by atoms with Crippen molar-refractivity contribution in [3.8, 4) is 17.6 Å². The van der Waals surface area contributed by atoms with Crippen molar-refractivity contribution in [2.45, 2.75) is 25.8 Å². The number of nitrogens with one attached hydrogen (secondary N) is 1. The molecule has 3 heterocycles. The number of phenolic OH excluding ortho intramolecular Hbond substituents is 1. The van der Waals surface area contributed by atoms with Gasteiger partial charge in [-0.05, 0) is 24.6 Å². The predicted molar refractivity (Wildman–Crippen MR) is 114 cm³/mol. The molecule has 1 aromatic heterocycles. The maximum atomic E-state index is 13.6. The molecule has 4 N–H and O–H groups in total. The first kappa shape index (κ1) is 21.0. The SMILES string of the molecule is Cc1cc2c(c(=O)n1CCC[NH+]1CCOCC1)[C@H](c1cccc(O)c1)C(C#N)=C(N)O2. The van der Waals surface area contributed by atoms with Crippen LogP contribution in [0.15, 0.2) is 46.6 Å². The molecule has 0 aliphatic carbocycles. The molecular weight excluding hydrogens is 396 g/mol. The van der Waals surface area contributed by atoms with Gasteiger partial charge in [0.25, 0.3) is 5.56 Å². The van der Waals surface area contributed by atoms with Gasteiger partial charge in [-0.25, -0.2) is 0 Å². The molecule has 8 nitrogen and oxygen atoms in total. The van der Waals surface area contributed by atoms with Crippen LogP contribution >= 0.6 is 0 Å². The van der Waals surface area contributed by atoms with Gasteiger partial charge in [0.15, 0.2) is 0 Å². The minimum atomic E-state index is -0.690. The van der Waals surface area contributed by atoms with Crippen molar-refractivity contribution in [2.75, 3.05) is 32.8 Å². The Balaban J connectivity index is 1.70. The number of nitrogens with zero attached hydrogens (tertiary/aromatic N) is 2. The van der Waals surface area contributed by atoms with E-state index in [2.05, 4.69) is 6.07 Å². The standard InChI is InChI=1S/C23H26N4O4/c1-15-12-19-21(23(29)27(15)7-3-6-26-8-10-30-11-9-26)20(18(14-24)22(25)31-19)16-4-2-5-17(28)13-16/h2,4-5,12-13,20,28H,3,6-11,25H2,1H3/p+1/t20-/m1/s1. The predicted octanol–water partition coefficient (Wildman–Crippen LogP) is 0.386. The Labute approximate surface area is 180 Å². The van der Waals surface area contributed by atoms with E-state index in [1.165, 1.54) is 4.90 Å². The quantitative estimate of drug-likeness (QED) is 0.641. The number of nitrogens with two attached hydrogens (primary N) is 1. The molecular formula is C23H27N4O4+. The molecule has 1 aromatic carbocycles. The second kappa shape index (κ2) is 8.84. The van der Waals surface area contributed by atoms with Crippen LogP contribution in [0.25, 0.3) is 0 Å². The number of hydrogen-bond donors (Lipinski definition) is 3. The van der Waals surface area contributed by atoms with Crippen LogP contribution in [0.3, 0.4) is 0 Å². The number of nitriles is 1. The number of aryl methyl sites for hydroxylation is 1. The summed E-state index contributed by atoms with van der Waals surface area (Å²) in [6, 6.07) is 10.4. The van der Waals surface area contributed by atoms with Crippen LogP contribution < -0.4 is 20.9 Å². The highest BCUT2D eigenvalue weighted by Gasteiger charge is 2.34. The van der Waals surface area contributed by atoms with Crippen molar-refractivity contribution in [3.05, 3.63) is 69.0 Å². The number of phenols is 1. The summed E-state index contributed by atoms with van der Waals surface area (Å²) in [6.45, 7) is 6.95. The van der Waals surface area contributed by atoms with Crippen LogP contribution in [-0.4, -0.2) is 42.5 Å². The number of aromatic hydroxyl groups is 1. The number of ether oxygens (including phenoxy) is 2. The molecule has 0 bridgehead atoms. The van der Waals surface area contributed by atoms with Gasteiger partial charge in [0.2, 0.25) is 5.88 Å². The van der Waals surface area contributed by atoms with Crippen molar-refractivity contribution in [2.24, 2.45) is 5.73 Å². The summed E-state index contributed by atoms with van der Waals surface area (Å²) < 4.78 is 12.8. The van der Waals surface area contributed by atoms with E-state index in [0.29, 0.717) is 23.4 Å². The highest BCUT2D eigenvalue weighted by atomic mass is 16.5. The van der Waals surface area contributed by atoms with E-state index in [-0.39, 0.29) is 22.8 Å². The molecule has 0 unspecified atom stereocenters. The molecule has 4 rings (SSSR count). The first-order valence-corrected chi connectivity index (χ1v) is 10.5. The highest BCUT2D eigenvalue weighted by Crippen LogP contribution is 2.41. The van der Waals surface area contributed by atoms with E-state index >= 15 is 0 Å². The van der Waals surface area contributed by atoms with Gasteiger partial charge in [-0.15, -0.1) is 0 Å². The molecule has 2 aliphatic rings. The zero-order valence-corrected chi connectivity index (χ0v) is 17.6. The fourth-order valence-electron chi connectivity index (χ4n) is 4.40. The molecule has 1 saturated heterocycles. The first-order chi connectivity index (χ1) is 15.0. The third-order valence-corrected chi connectivity index (χ3v) is 6.01. The van der Waals surface area contributed by atoms with Gasteiger partial charge in [0.1, 0.15) is 36.2 Å². The second-order valence-corrected chi connectivity index (χ2v) is 8.01. The Kier molecular flexibility index (Phi) is 5.98. The highest BCUT2D eigenvalue weighted by molar-refractivity contribution is 5.55. The summed E-state index contributed by atoms with van der Waals surface area (Å²) in [7, 11) is 0. The maximum absolute atomic E-state index is 13.6. The van der Waals surface area contributed by atoms with Gasteiger partial charge < -0.3 is 29.8 Å². The summed E-state index contributed by atoms with van der Waals surface area (Å²) >= 11 is 0. The van der Waals surface area contributed by atoms with E-state index in [9.17, 15) is 15.2 Å². The van der Waals surface area contributed by atoms with Crippen LogP contribution in [0.1, 0.15) is 29.2 Å². The fourth-order valence-corrected chi connectivity index (χ4v) is 4.40. The molecule has 0 saturated carbocycles. The van der Waals surface area contributed by atoms with Crippen LogP contribution in [0.5, 0.6) is 11.5 Å². The van der Waals surface area contributed by atoms with Gasteiger partial charge in [-0.3, -0.25) is 4.79 Å². The van der Waals surface area contributed by atoms with Crippen LogP contribution in [0.4, 0.5) is 0 Å². The molecule has 0 spiro atoms. The van der Waals surface area contributed by atoms with Gasteiger partial charge >= 0.3 is 0 Å². The molecule has 1 atom stereocenters. The van der Waals surface area contributed by atoms with Gasteiger partial charge in [-0.1, -0.05) is 12.1 Å². The van der Waals surface area contributed by atoms with Crippen LogP contribution in [0, 0.1) is 18.3 Å². The van der Waals surface area contributed by atoms with Gasteiger partial charge in [0.05, 0.1) is 31.2 Å². The average molecular weight is 423 g/mol. The Morgan fingerprint density at radius 3 is 2.81 bits per heavy atom. The number of morpholine rings is 1. The Morgan fingerprint density at radius 1 is 1.32 bits per heavy atom. The van der Waals surface area contributed by atoms with E-state index in [0.717, 1.165) is 45.0 Å². The number of rotatable bonds is 5. The number of aromatic nitrogens is 1. The number of fused-ring (bicyclic) bond motifs is 1. The maximum Gasteiger partial charge on any atom is 0.258 e. The minimum absolute atomic E-state index is 0.0178. The van der Waals surface area contributed by atoms with Crippen molar-refractivity contribution in [3.63, 3.8) is 0 Å². The second-order valence-electron chi connectivity index (χ2n) is 8.01. The largest absolute Gasteiger partial charge is 0.508 e. The van der Waals surface area contributed by atoms with Crippen molar-refractivity contribution >= 4 is 0 Å². The molecule has 1 fully saturated rings. The monoisotopic (exact) mass is 423 g/mol. The molecule has 31 heavy (non-hydrogen) atoms. The molecule has 162 valence electrons. The number of pyridine rings is 1. The molecule has 0 amide bonds. The number of benzene rings is 1. The molecule has 0 radical (unpaired) electrons. The normalized spacial score (nSPS) is 18.9. The number of allylic oxidation sites excluding steroid dienone is 1. The van der Waals surface area contributed by atoms with Crippen molar-refractivity contribution in [1.29, 1.82) is 5.26 Å². The lowest BCUT2D eigenvalue weighted by Gasteiger charge is -2.28. The molecule has 8 heteroatoms.